The van der Waals surface area contributed by atoms with Gasteiger partial charge >= 0.3 is 6.20 Å². The number of rotatable bonds is 3. The lowest BCUT2D eigenvalue weighted by molar-refractivity contribution is 0.388. The van der Waals surface area contributed by atoms with Crippen LogP contribution in [0.2, 0.25) is 5.02 Å². The van der Waals surface area contributed by atoms with E-state index in [1.54, 1.807) is 12.1 Å². The SMILES string of the molecule is N#[N+]/C=C(/O)CC(Br)c1ccc(Cl)cc1. The van der Waals surface area contributed by atoms with Crippen LogP contribution >= 0.6 is 27.5 Å². The molecule has 78 valence electrons. The van der Waals surface area contributed by atoms with Crippen molar-refractivity contribution in [3.8, 4) is 0 Å². The Kier molecular flexibility index (Phi) is 4.60. The standard InChI is InChI=1S/C10H8BrClN2O/c11-10(5-9(15)6-14-13)7-1-3-8(12)4-2-7/h1-4,6,10H,5H2/p+1/b9-6+. The molecule has 0 amide bonds. The molecule has 1 aromatic rings. The van der Waals surface area contributed by atoms with Gasteiger partial charge in [-0.25, -0.2) is 0 Å². The number of diazo groups is 1. The minimum absolute atomic E-state index is 0.00863. The van der Waals surface area contributed by atoms with Crippen LogP contribution in [0.5, 0.6) is 0 Å². The third-order valence-electron chi connectivity index (χ3n) is 1.83. The molecule has 1 rings (SSSR count). The molecule has 3 nitrogen and oxygen atoms in total. The molecule has 1 N–H and O–H groups in total. The van der Waals surface area contributed by atoms with Crippen LogP contribution < -0.4 is 0 Å². The summed E-state index contributed by atoms with van der Waals surface area (Å²) in [5.41, 5.74) is 0.997. The second kappa shape index (κ2) is 5.74. The number of halogens is 2. The van der Waals surface area contributed by atoms with Crippen LogP contribution in [-0.2, 0) is 0 Å². The van der Waals surface area contributed by atoms with E-state index in [1.165, 1.54) is 0 Å². The Morgan fingerprint density at radius 1 is 1.53 bits per heavy atom. The first-order valence-corrected chi connectivity index (χ1v) is 5.54. The summed E-state index contributed by atoms with van der Waals surface area (Å²) in [4.78, 5) is 2.71. The number of hydrogen-bond donors (Lipinski definition) is 1. The van der Waals surface area contributed by atoms with E-state index in [4.69, 9.17) is 17.0 Å². The van der Waals surface area contributed by atoms with E-state index in [0.717, 1.165) is 11.8 Å². The number of nitrogens with zero attached hydrogens (tertiary/aromatic N) is 2. The van der Waals surface area contributed by atoms with Crippen LogP contribution in [-0.4, -0.2) is 5.11 Å². The van der Waals surface area contributed by atoms with Crippen LogP contribution in [0.3, 0.4) is 0 Å². The quantitative estimate of drug-likeness (QED) is 0.508. The Labute approximate surface area is 101 Å². The minimum Gasteiger partial charge on any atom is -0.505 e. The van der Waals surface area contributed by atoms with Crippen molar-refractivity contribution in [2.24, 2.45) is 0 Å². The molecule has 1 aromatic carbocycles. The highest BCUT2D eigenvalue weighted by atomic mass is 79.9. The fourth-order valence-electron chi connectivity index (χ4n) is 1.09. The Hall–Kier alpha value is -1.05. The highest BCUT2D eigenvalue weighted by Crippen LogP contribution is 2.29. The number of hydrogen-bond acceptors (Lipinski definition) is 2. The van der Waals surface area contributed by atoms with Gasteiger partial charge < -0.3 is 5.11 Å². The van der Waals surface area contributed by atoms with Crippen molar-refractivity contribution in [2.45, 2.75) is 11.2 Å². The number of benzene rings is 1. The second-order valence-corrected chi connectivity index (χ2v) is 4.50. The number of aliphatic hydroxyl groups excluding tert-OH is 1. The molecule has 0 aliphatic heterocycles. The van der Waals surface area contributed by atoms with Gasteiger partial charge in [-0.1, -0.05) is 39.7 Å². The van der Waals surface area contributed by atoms with E-state index in [1.807, 2.05) is 12.1 Å². The number of allylic oxidation sites excluding steroid dienone is 1. The summed E-state index contributed by atoms with van der Waals surface area (Å²) in [6.07, 6.45) is 1.36. The van der Waals surface area contributed by atoms with E-state index in [-0.39, 0.29) is 10.6 Å². The van der Waals surface area contributed by atoms with Gasteiger partial charge in [0.1, 0.15) is 0 Å². The van der Waals surface area contributed by atoms with Gasteiger partial charge in [0.05, 0.1) is 0 Å². The normalized spacial score (nSPS) is 13.3. The first kappa shape index (κ1) is 12.0. The molecule has 0 spiro atoms. The Morgan fingerprint density at radius 2 is 2.13 bits per heavy atom. The molecule has 0 radical (unpaired) electrons. The highest BCUT2D eigenvalue weighted by Gasteiger charge is 2.11. The fourth-order valence-corrected chi connectivity index (χ4v) is 1.86. The molecule has 15 heavy (non-hydrogen) atoms. The van der Waals surface area contributed by atoms with Crippen molar-refractivity contribution < 1.29 is 5.11 Å². The van der Waals surface area contributed by atoms with Gasteiger partial charge in [0.25, 0.3) is 0 Å². The molecule has 0 aromatic heterocycles. The molecule has 0 saturated heterocycles. The third-order valence-corrected chi connectivity index (χ3v) is 2.93. The summed E-state index contributed by atoms with van der Waals surface area (Å²) in [5.74, 6) is 0.00863. The Morgan fingerprint density at radius 3 is 2.67 bits per heavy atom. The van der Waals surface area contributed by atoms with Gasteiger partial charge in [-0.05, 0) is 17.7 Å². The van der Waals surface area contributed by atoms with Gasteiger partial charge in [-0.15, -0.1) is 0 Å². The zero-order chi connectivity index (χ0) is 11.3. The molecule has 0 saturated carbocycles. The van der Waals surface area contributed by atoms with Crippen LogP contribution in [0.25, 0.3) is 4.98 Å². The lowest BCUT2D eigenvalue weighted by atomic mass is 10.1. The molecule has 5 heteroatoms. The average molecular weight is 289 g/mol. The maximum atomic E-state index is 9.29. The highest BCUT2D eigenvalue weighted by molar-refractivity contribution is 9.09. The summed E-state index contributed by atoms with van der Waals surface area (Å²) in [6, 6.07) is 7.29. The van der Waals surface area contributed by atoms with Gasteiger partial charge in [0, 0.05) is 16.3 Å². The topological polar surface area (TPSA) is 48.4 Å². The minimum atomic E-state index is -0.0345. The average Bonchev–Trinajstić information content (AvgIpc) is 2.18. The molecule has 1 unspecified atom stereocenters. The maximum Gasteiger partial charge on any atom is 0.387 e. The van der Waals surface area contributed by atoms with Gasteiger partial charge in [0.15, 0.2) is 10.7 Å². The van der Waals surface area contributed by atoms with Gasteiger partial charge in [0.2, 0.25) is 5.39 Å². The van der Waals surface area contributed by atoms with Crippen molar-refractivity contribution in [1.29, 1.82) is 5.39 Å². The van der Waals surface area contributed by atoms with Crippen molar-refractivity contribution in [1.82, 2.24) is 0 Å². The van der Waals surface area contributed by atoms with Gasteiger partial charge in [-0.2, -0.15) is 0 Å². The largest absolute Gasteiger partial charge is 0.505 e. The van der Waals surface area contributed by atoms with Crippen molar-refractivity contribution in [3.63, 3.8) is 0 Å². The third kappa shape index (κ3) is 3.90. The lowest BCUT2D eigenvalue weighted by Crippen LogP contribution is -1.92. The molecule has 0 aliphatic rings. The van der Waals surface area contributed by atoms with Crippen molar-refractivity contribution in [2.75, 3.05) is 0 Å². The van der Waals surface area contributed by atoms with Crippen LogP contribution in [0.4, 0.5) is 0 Å². The second-order valence-electron chi connectivity index (χ2n) is 2.96. The molecule has 0 fully saturated rings. The summed E-state index contributed by atoms with van der Waals surface area (Å²) < 4.78 is 0. The first-order valence-electron chi connectivity index (χ1n) is 4.25. The van der Waals surface area contributed by atoms with Crippen LogP contribution in [0.15, 0.2) is 36.2 Å². The maximum absolute atomic E-state index is 9.29. The Bertz CT molecular complexity index is 397. The van der Waals surface area contributed by atoms with Crippen molar-refractivity contribution in [3.05, 3.63) is 51.8 Å². The molecule has 1 atom stereocenters. The van der Waals surface area contributed by atoms with Crippen LogP contribution in [0, 0.1) is 5.39 Å². The van der Waals surface area contributed by atoms with E-state index in [9.17, 15) is 5.11 Å². The predicted molar refractivity (Wildman–Crippen MR) is 63.5 cm³/mol. The predicted octanol–water partition coefficient (Wildman–Crippen LogP) is 4.42. The molecule has 0 heterocycles. The zero-order valence-corrected chi connectivity index (χ0v) is 10.1. The van der Waals surface area contributed by atoms with E-state index in [0.29, 0.717) is 11.4 Å². The molecular formula is C10H9BrClN2O+. The first-order chi connectivity index (χ1) is 7.13. The summed E-state index contributed by atoms with van der Waals surface area (Å²) >= 11 is 9.16. The van der Waals surface area contributed by atoms with Gasteiger partial charge in [-0.3, -0.25) is 0 Å². The van der Waals surface area contributed by atoms with E-state index in [2.05, 4.69) is 20.9 Å². The van der Waals surface area contributed by atoms with E-state index >= 15 is 0 Å². The fraction of sp³-hybridized carbons (Fsp3) is 0.200. The summed E-state index contributed by atoms with van der Waals surface area (Å²) in [7, 11) is 0. The lowest BCUT2D eigenvalue weighted by Gasteiger charge is -2.07. The smallest absolute Gasteiger partial charge is 0.387 e. The van der Waals surface area contributed by atoms with Crippen molar-refractivity contribution >= 4 is 27.5 Å². The molecule has 0 aliphatic carbocycles. The number of alkyl halides is 1. The number of aliphatic hydroxyl groups is 1. The molecule has 0 bridgehead atoms. The van der Waals surface area contributed by atoms with Crippen LogP contribution in [0.1, 0.15) is 16.8 Å². The summed E-state index contributed by atoms with van der Waals surface area (Å²) in [5, 5.41) is 18.2. The zero-order valence-electron chi connectivity index (χ0n) is 7.77. The monoisotopic (exact) mass is 287 g/mol. The summed E-state index contributed by atoms with van der Waals surface area (Å²) in [6.45, 7) is 0. The Balaban J connectivity index is 2.70. The van der Waals surface area contributed by atoms with E-state index < -0.39 is 0 Å². The molecular weight excluding hydrogens is 279 g/mol.